The highest BCUT2D eigenvalue weighted by Gasteiger charge is 2.01. The van der Waals surface area contributed by atoms with Crippen LogP contribution >= 0.6 is 0 Å². The summed E-state index contributed by atoms with van der Waals surface area (Å²) in [6.07, 6.45) is 12.1. The molecule has 0 unspecified atom stereocenters. The summed E-state index contributed by atoms with van der Waals surface area (Å²) in [6, 6.07) is 19.4. The van der Waals surface area contributed by atoms with Crippen LogP contribution in [0.2, 0.25) is 0 Å². The Hall–Kier alpha value is -2.70. The van der Waals surface area contributed by atoms with Crippen molar-refractivity contribution in [3.63, 3.8) is 0 Å². The molecular formula is C26H38N4O2. The van der Waals surface area contributed by atoms with Crippen LogP contribution in [0.25, 0.3) is 0 Å². The summed E-state index contributed by atoms with van der Waals surface area (Å²) in [5, 5.41) is 18.5. The SMILES string of the molecule is ONC(=NCCCCCCCCCCCCN=C(NO)c1ccccc1)c1ccccc1. The predicted octanol–water partition coefficient (Wildman–Crippen LogP) is 5.74. The average Bonchev–Trinajstić information content (AvgIpc) is 2.85. The van der Waals surface area contributed by atoms with Gasteiger partial charge in [-0.3, -0.25) is 31.4 Å². The third kappa shape index (κ3) is 10.6. The Balaban J connectivity index is 1.42. The number of hydrogen-bond acceptors (Lipinski definition) is 4. The number of aliphatic imine (C=N–C) groups is 2. The van der Waals surface area contributed by atoms with Crippen molar-refractivity contribution in [3.05, 3.63) is 71.8 Å². The second-order valence-electron chi connectivity index (χ2n) is 7.95. The maximum atomic E-state index is 9.25. The van der Waals surface area contributed by atoms with Gasteiger partial charge in [0.1, 0.15) is 0 Å². The molecule has 0 fully saturated rings. The molecule has 0 radical (unpaired) electrons. The molecule has 0 saturated heterocycles. The van der Waals surface area contributed by atoms with Gasteiger partial charge in [-0.2, -0.15) is 0 Å². The summed E-state index contributed by atoms with van der Waals surface area (Å²) in [6.45, 7) is 1.47. The van der Waals surface area contributed by atoms with E-state index in [1.54, 1.807) is 0 Å². The minimum atomic E-state index is 0.542. The van der Waals surface area contributed by atoms with Crippen LogP contribution < -0.4 is 11.0 Å². The number of unbranched alkanes of at least 4 members (excludes halogenated alkanes) is 9. The van der Waals surface area contributed by atoms with E-state index in [-0.39, 0.29) is 0 Å². The van der Waals surface area contributed by atoms with Crippen LogP contribution in [0.5, 0.6) is 0 Å². The lowest BCUT2D eigenvalue weighted by Crippen LogP contribution is -2.20. The van der Waals surface area contributed by atoms with Crippen molar-refractivity contribution in [2.75, 3.05) is 13.1 Å². The van der Waals surface area contributed by atoms with Crippen molar-refractivity contribution < 1.29 is 10.4 Å². The highest BCUT2D eigenvalue weighted by atomic mass is 16.5. The van der Waals surface area contributed by atoms with Gasteiger partial charge in [-0.25, -0.2) is 0 Å². The Bertz CT molecular complexity index is 711. The number of rotatable bonds is 15. The third-order valence-electron chi connectivity index (χ3n) is 5.41. The Morgan fingerprint density at radius 3 is 1.12 bits per heavy atom. The first-order chi connectivity index (χ1) is 15.8. The zero-order chi connectivity index (χ0) is 22.7. The minimum absolute atomic E-state index is 0.542. The number of benzene rings is 2. The van der Waals surface area contributed by atoms with Crippen molar-refractivity contribution in [2.45, 2.75) is 64.2 Å². The zero-order valence-corrected chi connectivity index (χ0v) is 19.0. The van der Waals surface area contributed by atoms with Crippen LogP contribution in [0.1, 0.15) is 75.3 Å². The molecule has 0 aliphatic heterocycles. The average molecular weight is 439 g/mol. The van der Waals surface area contributed by atoms with E-state index < -0.39 is 0 Å². The van der Waals surface area contributed by atoms with Gasteiger partial charge in [0.15, 0.2) is 11.7 Å². The molecule has 0 heterocycles. The van der Waals surface area contributed by atoms with Gasteiger partial charge >= 0.3 is 0 Å². The number of hydrogen-bond donors (Lipinski definition) is 4. The summed E-state index contributed by atoms with van der Waals surface area (Å²) in [7, 11) is 0. The Kier molecular flexibility index (Phi) is 13.5. The van der Waals surface area contributed by atoms with Gasteiger partial charge in [-0.15, -0.1) is 0 Å². The molecule has 0 spiro atoms. The topological polar surface area (TPSA) is 89.2 Å². The van der Waals surface area contributed by atoms with Crippen LogP contribution in [0, 0.1) is 0 Å². The smallest absolute Gasteiger partial charge is 0.152 e. The van der Waals surface area contributed by atoms with Crippen molar-refractivity contribution >= 4 is 11.7 Å². The van der Waals surface area contributed by atoms with E-state index in [1.165, 1.54) is 51.4 Å². The number of nitrogens with one attached hydrogen (secondary N) is 2. The fourth-order valence-electron chi connectivity index (χ4n) is 3.59. The molecule has 6 nitrogen and oxygen atoms in total. The Labute approximate surface area is 192 Å². The summed E-state index contributed by atoms with van der Waals surface area (Å²) >= 11 is 0. The molecule has 0 atom stereocenters. The minimum Gasteiger partial charge on any atom is -0.290 e. The molecule has 0 aliphatic rings. The van der Waals surface area contributed by atoms with Crippen molar-refractivity contribution in [1.82, 2.24) is 11.0 Å². The van der Waals surface area contributed by atoms with Gasteiger partial charge in [0, 0.05) is 24.2 Å². The molecule has 0 aliphatic carbocycles. The molecule has 0 bridgehead atoms. The summed E-state index contributed by atoms with van der Waals surface area (Å²) < 4.78 is 0. The van der Waals surface area contributed by atoms with E-state index in [0.29, 0.717) is 11.7 Å². The molecule has 0 saturated carbocycles. The van der Waals surface area contributed by atoms with Crippen LogP contribution in [0.4, 0.5) is 0 Å². The van der Waals surface area contributed by atoms with Gasteiger partial charge in [0.25, 0.3) is 0 Å². The standard InChI is InChI=1S/C26H38N4O2/c31-29-25(23-17-11-9-12-18-23)27-21-15-7-5-3-1-2-4-6-8-16-22-28-26(30-32)24-19-13-10-14-20-24/h9-14,17-20,31-32H,1-8,15-16,21-22H2,(H,27,29)(H,28,30). The predicted molar refractivity (Wildman–Crippen MR) is 132 cm³/mol. The van der Waals surface area contributed by atoms with E-state index in [9.17, 15) is 10.4 Å². The van der Waals surface area contributed by atoms with E-state index in [4.69, 9.17) is 0 Å². The lowest BCUT2D eigenvalue weighted by Gasteiger charge is -2.05. The first-order valence-corrected chi connectivity index (χ1v) is 11.8. The lowest BCUT2D eigenvalue weighted by atomic mass is 10.1. The molecule has 2 aromatic carbocycles. The number of nitrogens with zero attached hydrogens (tertiary/aromatic N) is 2. The first-order valence-electron chi connectivity index (χ1n) is 11.8. The van der Waals surface area contributed by atoms with Crippen molar-refractivity contribution in [1.29, 1.82) is 0 Å². The summed E-state index contributed by atoms with van der Waals surface area (Å²) in [4.78, 5) is 8.91. The fraction of sp³-hybridized carbons (Fsp3) is 0.462. The van der Waals surface area contributed by atoms with Crippen LogP contribution in [0.15, 0.2) is 70.6 Å². The largest absolute Gasteiger partial charge is 0.290 e. The normalized spacial score (nSPS) is 12.1. The molecule has 2 rings (SSSR count). The quantitative estimate of drug-likeness (QED) is 0.124. The van der Waals surface area contributed by atoms with Gasteiger partial charge in [0.05, 0.1) is 0 Å². The fourth-order valence-corrected chi connectivity index (χ4v) is 3.59. The molecular weight excluding hydrogens is 400 g/mol. The Morgan fingerprint density at radius 1 is 0.500 bits per heavy atom. The van der Waals surface area contributed by atoms with E-state index >= 15 is 0 Å². The monoisotopic (exact) mass is 438 g/mol. The van der Waals surface area contributed by atoms with Gasteiger partial charge in [-0.05, 0) is 12.8 Å². The molecule has 0 amide bonds. The summed E-state index contributed by atoms with van der Waals surface area (Å²) in [5.41, 5.74) is 6.22. The van der Waals surface area contributed by atoms with Gasteiger partial charge < -0.3 is 0 Å². The zero-order valence-electron chi connectivity index (χ0n) is 19.0. The number of hydroxylamine groups is 2. The lowest BCUT2D eigenvalue weighted by molar-refractivity contribution is 0.234. The molecule has 174 valence electrons. The van der Waals surface area contributed by atoms with Crippen LogP contribution in [-0.4, -0.2) is 35.2 Å². The summed E-state index contributed by atoms with van der Waals surface area (Å²) in [5.74, 6) is 1.08. The molecule has 32 heavy (non-hydrogen) atoms. The second-order valence-corrected chi connectivity index (χ2v) is 7.95. The van der Waals surface area contributed by atoms with Crippen molar-refractivity contribution in [3.8, 4) is 0 Å². The van der Waals surface area contributed by atoms with Crippen LogP contribution in [-0.2, 0) is 0 Å². The van der Waals surface area contributed by atoms with Gasteiger partial charge in [-0.1, -0.05) is 112 Å². The van der Waals surface area contributed by atoms with E-state index in [0.717, 1.165) is 37.1 Å². The third-order valence-corrected chi connectivity index (χ3v) is 5.41. The van der Waals surface area contributed by atoms with Crippen molar-refractivity contribution in [2.24, 2.45) is 9.98 Å². The highest BCUT2D eigenvalue weighted by molar-refractivity contribution is 5.98. The first kappa shape index (κ1) is 25.6. The highest BCUT2D eigenvalue weighted by Crippen LogP contribution is 2.11. The molecule has 6 heteroatoms. The molecule has 2 aromatic rings. The number of amidine groups is 2. The Morgan fingerprint density at radius 2 is 0.812 bits per heavy atom. The maximum Gasteiger partial charge on any atom is 0.152 e. The maximum absolute atomic E-state index is 9.25. The molecule has 0 aromatic heterocycles. The van der Waals surface area contributed by atoms with E-state index in [1.807, 2.05) is 60.7 Å². The second kappa shape index (κ2) is 16.9. The van der Waals surface area contributed by atoms with Crippen LogP contribution in [0.3, 0.4) is 0 Å². The molecule has 4 N–H and O–H groups in total. The van der Waals surface area contributed by atoms with Gasteiger partial charge in [0.2, 0.25) is 0 Å². The van der Waals surface area contributed by atoms with E-state index in [2.05, 4.69) is 20.9 Å².